The molecular formula is C15H20OS. The van der Waals surface area contributed by atoms with E-state index in [0.29, 0.717) is 18.0 Å². The van der Waals surface area contributed by atoms with Crippen LogP contribution in [0, 0.1) is 6.92 Å². The maximum atomic E-state index is 11.8. The van der Waals surface area contributed by atoms with E-state index >= 15 is 0 Å². The van der Waals surface area contributed by atoms with Gasteiger partial charge in [-0.1, -0.05) is 42.7 Å². The van der Waals surface area contributed by atoms with E-state index in [-0.39, 0.29) is 0 Å². The normalized spacial score (nSPS) is 16.3. The molecule has 0 atom stereocenters. The monoisotopic (exact) mass is 248 g/mol. The Hall–Kier alpha value is -0.760. The first kappa shape index (κ1) is 12.7. The molecule has 1 saturated carbocycles. The van der Waals surface area contributed by atoms with Crippen LogP contribution in [0.3, 0.4) is 0 Å². The van der Waals surface area contributed by atoms with Crippen molar-refractivity contribution >= 4 is 17.5 Å². The molecule has 2 rings (SSSR count). The van der Waals surface area contributed by atoms with E-state index < -0.39 is 0 Å². The van der Waals surface area contributed by atoms with Gasteiger partial charge in [0.05, 0.1) is 5.75 Å². The summed E-state index contributed by atoms with van der Waals surface area (Å²) in [6.45, 7) is 2.07. The lowest BCUT2D eigenvalue weighted by Crippen LogP contribution is -2.08. The van der Waals surface area contributed by atoms with E-state index in [1.807, 2.05) is 11.8 Å². The van der Waals surface area contributed by atoms with Crippen molar-refractivity contribution in [3.05, 3.63) is 35.4 Å². The number of Topliss-reactive ketones (excluding diaryl/α,β-unsaturated/α-hetero) is 1. The SMILES string of the molecule is Cc1ccc(CC(=O)CSC2CCCC2)cc1. The van der Waals surface area contributed by atoms with Crippen LogP contribution in [0.1, 0.15) is 36.8 Å². The number of ketones is 1. The molecule has 92 valence electrons. The summed E-state index contributed by atoms with van der Waals surface area (Å²) in [6.07, 6.45) is 5.92. The molecule has 0 radical (unpaired) electrons. The number of aryl methyl sites for hydroxylation is 1. The summed E-state index contributed by atoms with van der Waals surface area (Å²) >= 11 is 1.86. The molecule has 0 aliphatic heterocycles. The molecule has 0 N–H and O–H groups in total. The van der Waals surface area contributed by atoms with Gasteiger partial charge in [0, 0.05) is 11.7 Å². The van der Waals surface area contributed by atoms with Gasteiger partial charge in [-0.25, -0.2) is 0 Å². The minimum absolute atomic E-state index is 0.366. The standard InChI is InChI=1S/C15H20OS/c1-12-6-8-13(9-7-12)10-14(16)11-17-15-4-2-3-5-15/h6-9,15H,2-5,10-11H2,1H3. The largest absolute Gasteiger partial charge is 0.298 e. The fourth-order valence-electron chi connectivity index (χ4n) is 2.25. The lowest BCUT2D eigenvalue weighted by atomic mass is 10.1. The molecule has 0 spiro atoms. The molecule has 1 fully saturated rings. The summed E-state index contributed by atoms with van der Waals surface area (Å²) in [7, 11) is 0. The number of carbonyl (C=O) groups excluding carboxylic acids is 1. The summed E-state index contributed by atoms with van der Waals surface area (Å²) in [5.41, 5.74) is 2.40. The van der Waals surface area contributed by atoms with Gasteiger partial charge in [-0.3, -0.25) is 4.79 Å². The van der Waals surface area contributed by atoms with Crippen LogP contribution in [0.2, 0.25) is 0 Å². The fourth-order valence-corrected chi connectivity index (χ4v) is 3.44. The second kappa shape index (κ2) is 6.25. The molecule has 1 aliphatic carbocycles. The fraction of sp³-hybridized carbons (Fsp3) is 0.533. The molecular weight excluding hydrogens is 228 g/mol. The zero-order valence-corrected chi connectivity index (χ0v) is 11.3. The Bertz CT molecular complexity index is 363. The molecule has 0 unspecified atom stereocenters. The predicted molar refractivity (Wildman–Crippen MR) is 74.6 cm³/mol. The van der Waals surface area contributed by atoms with Crippen LogP contribution in [0.4, 0.5) is 0 Å². The van der Waals surface area contributed by atoms with Crippen LogP contribution in [0.15, 0.2) is 24.3 Å². The first-order valence-electron chi connectivity index (χ1n) is 6.43. The van der Waals surface area contributed by atoms with E-state index in [0.717, 1.165) is 10.8 Å². The summed E-state index contributed by atoms with van der Waals surface area (Å²) in [5.74, 6) is 1.06. The molecule has 0 amide bonds. The van der Waals surface area contributed by atoms with Gasteiger partial charge in [0.25, 0.3) is 0 Å². The number of carbonyl (C=O) groups is 1. The van der Waals surface area contributed by atoms with E-state index in [1.165, 1.54) is 31.2 Å². The van der Waals surface area contributed by atoms with E-state index in [4.69, 9.17) is 0 Å². The minimum Gasteiger partial charge on any atom is -0.298 e. The summed E-state index contributed by atoms with van der Waals surface area (Å²) in [6, 6.07) is 8.28. The topological polar surface area (TPSA) is 17.1 Å². The molecule has 0 bridgehead atoms. The van der Waals surface area contributed by atoms with Gasteiger partial charge in [0.2, 0.25) is 0 Å². The Balaban J connectivity index is 1.74. The first-order chi connectivity index (χ1) is 8.24. The minimum atomic E-state index is 0.366. The van der Waals surface area contributed by atoms with Gasteiger partial charge in [0.1, 0.15) is 5.78 Å². The van der Waals surface area contributed by atoms with Crippen molar-refractivity contribution in [1.82, 2.24) is 0 Å². The lowest BCUT2D eigenvalue weighted by Gasteiger charge is -2.07. The molecule has 2 heteroatoms. The van der Waals surface area contributed by atoms with Gasteiger partial charge in [-0.2, -0.15) is 11.8 Å². The average Bonchev–Trinajstić information content (AvgIpc) is 2.83. The van der Waals surface area contributed by atoms with Crippen LogP contribution in [0.5, 0.6) is 0 Å². The number of hydrogen-bond donors (Lipinski definition) is 0. The van der Waals surface area contributed by atoms with Gasteiger partial charge in [-0.05, 0) is 25.3 Å². The highest BCUT2D eigenvalue weighted by molar-refractivity contribution is 8.00. The van der Waals surface area contributed by atoms with E-state index in [1.54, 1.807) is 0 Å². The van der Waals surface area contributed by atoms with Crippen LogP contribution in [0.25, 0.3) is 0 Å². The quantitative estimate of drug-likeness (QED) is 0.788. The number of benzene rings is 1. The maximum Gasteiger partial charge on any atom is 0.147 e. The van der Waals surface area contributed by atoms with Crippen molar-refractivity contribution in [2.24, 2.45) is 0 Å². The Morgan fingerprint density at radius 3 is 2.53 bits per heavy atom. The van der Waals surface area contributed by atoms with Crippen molar-refractivity contribution < 1.29 is 4.79 Å². The molecule has 0 heterocycles. The highest BCUT2D eigenvalue weighted by Crippen LogP contribution is 2.29. The average molecular weight is 248 g/mol. The molecule has 0 saturated heterocycles. The van der Waals surface area contributed by atoms with Gasteiger partial charge in [0.15, 0.2) is 0 Å². The summed E-state index contributed by atoms with van der Waals surface area (Å²) in [4.78, 5) is 11.8. The molecule has 1 aromatic carbocycles. The second-order valence-electron chi connectivity index (χ2n) is 4.92. The zero-order valence-electron chi connectivity index (χ0n) is 10.4. The second-order valence-corrected chi connectivity index (χ2v) is 6.21. The smallest absolute Gasteiger partial charge is 0.147 e. The molecule has 17 heavy (non-hydrogen) atoms. The Labute approximate surface area is 108 Å². The molecule has 1 nitrogen and oxygen atoms in total. The summed E-state index contributed by atoms with van der Waals surface area (Å²) in [5, 5.41) is 0.747. The van der Waals surface area contributed by atoms with E-state index in [9.17, 15) is 4.79 Å². The van der Waals surface area contributed by atoms with Crippen molar-refractivity contribution in [3.8, 4) is 0 Å². The number of thioether (sulfide) groups is 1. The third-order valence-corrected chi connectivity index (χ3v) is 4.74. The Morgan fingerprint density at radius 1 is 1.24 bits per heavy atom. The first-order valence-corrected chi connectivity index (χ1v) is 7.48. The molecule has 0 aromatic heterocycles. The molecule has 1 aromatic rings. The molecule has 1 aliphatic rings. The van der Waals surface area contributed by atoms with Gasteiger partial charge >= 0.3 is 0 Å². The van der Waals surface area contributed by atoms with Crippen LogP contribution in [-0.2, 0) is 11.2 Å². The van der Waals surface area contributed by atoms with Crippen LogP contribution >= 0.6 is 11.8 Å². The van der Waals surface area contributed by atoms with Crippen LogP contribution in [-0.4, -0.2) is 16.8 Å². The van der Waals surface area contributed by atoms with Crippen molar-refractivity contribution in [3.63, 3.8) is 0 Å². The third kappa shape index (κ3) is 4.19. The predicted octanol–water partition coefficient (Wildman–Crippen LogP) is 3.78. The summed E-state index contributed by atoms with van der Waals surface area (Å²) < 4.78 is 0. The van der Waals surface area contributed by atoms with Gasteiger partial charge in [-0.15, -0.1) is 0 Å². The maximum absolute atomic E-state index is 11.8. The van der Waals surface area contributed by atoms with E-state index in [2.05, 4.69) is 31.2 Å². The number of rotatable bonds is 5. The van der Waals surface area contributed by atoms with Crippen molar-refractivity contribution in [2.75, 3.05) is 5.75 Å². The third-order valence-electron chi connectivity index (χ3n) is 3.30. The lowest BCUT2D eigenvalue weighted by molar-refractivity contribution is -0.116. The highest BCUT2D eigenvalue weighted by Gasteiger charge is 2.16. The zero-order chi connectivity index (χ0) is 12.1. The highest BCUT2D eigenvalue weighted by atomic mass is 32.2. The van der Waals surface area contributed by atoms with Crippen LogP contribution < -0.4 is 0 Å². The number of hydrogen-bond acceptors (Lipinski definition) is 2. The van der Waals surface area contributed by atoms with Gasteiger partial charge < -0.3 is 0 Å². The van der Waals surface area contributed by atoms with Crippen molar-refractivity contribution in [1.29, 1.82) is 0 Å². The Morgan fingerprint density at radius 2 is 1.88 bits per heavy atom. The van der Waals surface area contributed by atoms with Crippen molar-refractivity contribution in [2.45, 2.75) is 44.3 Å². The Kier molecular flexibility index (Phi) is 4.66.